The summed E-state index contributed by atoms with van der Waals surface area (Å²) in [6.45, 7) is 5.85. The first-order valence-electron chi connectivity index (χ1n) is 10.5. The van der Waals surface area contributed by atoms with E-state index in [1.54, 1.807) is 11.3 Å². The van der Waals surface area contributed by atoms with Crippen molar-refractivity contribution in [2.24, 2.45) is 0 Å². The maximum Gasteiger partial charge on any atom is 0.234 e. The van der Waals surface area contributed by atoms with Crippen LogP contribution in [0.4, 0.5) is 10.8 Å². The second kappa shape index (κ2) is 8.88. The topological polar surface area (TPSA) is 71.0 Å². The molecule has 4 aromatic rings. The number of thioether (sulfide) groups is 1. The number of carbonyl (C=O) groups excluding carboxylic acids is 1. The minimum atomic E-state index is -0.0483. The Morgan fingerprint density at radius 1 is 1.12 bits per heavy atom. The number of benzene rings is 2. The number of fused-ring (bicyclic) bond motifs is 2. The van der Waals surface area contributed by atoms with Crippen molar-refractivity contribution in [1.82, 2.24) is 15.0 Å². The second-order valence-electron chi connectivity index (χ2n) is 7.85. The number of amides is 1. The van der Waals surface area contributed by atoms with Gasteiger partial charge >= 0.3 is 0 Å². The van der Waals surface area contributed by atoms with Crippen molar-refractivity contribution in [3.63, 3.8) is 0 Å². The zero-order valence-corrected chi connectivity index (χ0v) is 19.6. The smallest absolute Gasteiger partial charge is 0.234 e. The van der Waals surface area contributed by atoms with Crippen LogP contribution in [-0.4, -0.2) is 33.2 Å². The zero-order chi connectivity index (χ0) is 22.1. The van der Waals surface area contributed by atoms with Crippen LogP contribution in [0.15, 0.2) is 53.8 Å². The lowest BCUT2D eigenvalue weighted by atomic mass is 10.0. The van der Waals surface area contributed by atoms with Gasteiger partial charge in [-0.05, 0) is 48.6 Å². The second-order valence-corrected chi connectivity index (χ2v) is 9.79. The Morgan fingerprint density at radius 2 is 1.97 bits per heavy atom. The van der Waals surface area contributed by atoms with Gasteiger partial charge in [-0.1, -0.05) is 59.5 Å². The Morgan fingerprint density at radius 3 is 2.84 bits per heavy atom. The molecular formula is C24H23N5OS2. The lowest BCUT2D eigenvalue weighted by Gasteiger charge is -2.28. The zero-order valence-electron chi connectivity index (χ0n) is 18.0. The minimum Gasteiger partial charge on any atom is -0.343 e. The average Bonchev–Trinajstić information content (AvgIpc) is 3.25. The van der Waals surface area contributed by atoms with Crippen LogP contribution in [-0.2, 0) is 17.8 Å². The minimum absolute atomic E-state index is 0.0483. The Kier molecular flexibility index (Phi) is 5.80. The van der Waals surface area contributed by atoms with E-state index < -0.39 is 0 Å². The molecule has 5 rings (SSSR count). The van der Waals surface area contributed by atoms with Crippen molar-refractivity contribution in [2.75, 3.05) is 22.5 Å². The molecule has 2 aromatic heterocycles. The molecule has 32 heavy (non-hydrogen) atoms. The third-order valence-corrected chi connectivity index (χ3v) is 8.00. The van der Waals surface area contributed by atoms with Crippen molar-refractivity contribution in [2.45, 2.75) is 31.8 Å². The maximum atomic E-state index is 12.6. The number of rotatable bonds is 5. The standard InChI is InChI=1S/C24H23N5OS2/c1-15-6-5-9-19(16(15)2)27-20(30)13-31-23-21-22(25-14-26-23)28-24(32-21)29-11-10-17-7-3-4-8-18(17)12-29/h3-9,14H,10-13H2,1-2H3,(H,27,30). The summed E-state index contributed by atoms with van der Waals surface area (Å²) in [5, 5.41) is 4.77. The summed E-state index contributed by atoms with van der Waals surface area (Å²) in [7, 11) is 0. The first-order valence-corrected chi connectivity index (χ1v) is 12.3. The molecule has 1 aliphatic rings. The molecule has 0 fully saturated rings. The predicted molar refractivity (Wildman–Crippen MR) is 132 cm³/mol. The Labute approximate surface area is 195 Å². The highest BCUT2D eigenvalue weighted by molar-refractivity contribution is 8.00. The van der Waals surface area contributed by atoms with Gasteiger partial charge in [0.2, 0.25) is 5.91 Å². The summed E-state index contributed by atoms with van der Waals surface area (Å²) in [5.74, 6) is 0.233. The quantitative estimate of drug-likeness (QED) is 0.333. The highest BCUT2D eigenvalue weighted by atomic mass is 32.2. The molecule has 0 bridgehead atoms. The average molecular weight is 462 g/mol. The third-order valence-electron chi connectivity index (χ3n) is 5.77. The molecular weight excluding hydrogens is 438 g/mol. The molecule has 6 nitrogen and oxygen atoms in total. The summed E-state index contributed by atoms with van der Waals surface area (Å²) in [4.78, 5) is 28.4. The van der Waals surface area contributed by atoms with Gasteiger partial charge < -0.3 is 10.2 Å². The fourth-order valence-electron chi connectivity index (χ4n) is 3.83. The number of carbonyl (C=O) groups is 1. The summed E-state index contributed by atoms with van der Waals surface area (Å²) in [6.07, 6.45) is 2.54. The highest BCUT2D eigenvalue weighted by Crippen LogP contribution is 2.35. The van der Waals surface area contributed by atoms with E-state index in [9.17, 15) is 4.79 Å². The molecule has 162 valence electrons. The number of thiazole rings is 1. The fraction of sp³-hybridized carbons (Fsp3) is 0.250. The highest BCUT2D eigenvalue weighted by Gasteiger charge is 2.21. The monoisotopic (exact) mass is 461 g/mol. The molecule has 0 saturated carbocycles. The molecule has 0 atom stereocenters. The van der Waals surface area contributed by atoms with Gasteiger partial charge in [-0.25, -0.2) is 9.97 Å². The van der Waals surface area contributed by atoms with Gasteiger partial charge in [0.25, 0.3) is 0 Å². The Bertz CT molecular complexity index is 1300. The van der Waals surface area contributed by atoms with E-state index in [0.29, 0.717) is 5.65 Å². The predicted octanol–water partition coefficient (Wildman–Crippen LogP) is 5.00. The largest absolute Gasteiger partial charge is 0.343 e. The van der Waals surface area contributed by atoms with Crippen molar-refractivity contribution in [3.8, 4) is 0 Å². The van der Waals surface area contributed by atoms with Gasteiger partial charge in [0.1, 0.15) is 16.1 Å². The molecule has 1 aliphatic heterocycles. The van der Waals surface area contributed by atoms with E-state index in [-0.39, 0.29) is 11.7 Å². The summed E-state index contributed by atoms with van der Waals surface area (Å²) >= 11 is 3.03. The lowest BCUT2D eigenvalue weighted by Crippen LogP contribution is -2.30. The van der Waals surface area contributed by atoms with Crippen LogP contribution in [0.2, 0.25) is 0 Å². The Balaban J connectivity index is 1.31. The molecule has 3 heterocycles. The Hall–Kier alpha value is -2.97. The van der Waals surface area contributed by atoms with E-state index in [1.807, 2.05) is 32.0 Å². The number of hydrogen-bond acceptors (Lipinski definition) is 7. The van der Waals surface area contributed by atoms with E-state index in [0.717, 1.165) is 51.2 Å². The third kappa shape index (κ3) is 4.20. The van der Waals surface area contributed by atoms with Crippen LogP contribution in [0, 0.1) is 13.8 Å². The van der Waals surface area contributed by atoms with Gasteiger partial charge in [-0.3, -0.25) is 4.79 Å². The number of anilines is 2. The first kappa shape index (κ1) is 20.9. The molecule has 0 radical (unpaired) electrons. The molecule has 2 aromatic carbocycles. The molecule has 0 saturated heterocycles. The molecule has 1 amide bonds. The fourth-order valence-corrected chi connectivity index (χ4v) is 5.74. The number of nitrogens with one attached hydrogen (secondary N) is 1. The van der Waals surface area contributed by atoms with Crippen LogP contribution in [0.3, 0.4) is 0 Å². The lowest BCUT2D eigenvalue weighted by molar-refractivity contribution is -0.113. The van der Waals surface area contributed by atoms with Crippen LogP contribution in [0.5, 0.6) is 0 Å². The molecule has 0 aliphatic carbocycles. The first-order chi connectivity index (χ1) is 15.6. The molecule has 1 N–H and O–H groups in total. The maximum absolute atomic E-state index is 12.6. The number of aryl methyl sites for hydroxylation is 1. The molecule has 0 unspecified atom stereocenters. The van der Waals surface area contributed by atoms with Crippen LogP contribution in [0.25, 0.3) is 10.3 Å². The number of nitrogens with zero attached hydrogens (tertiary/aromatic N) is 4. The van der Waals surface area contributed by atoms with E-state index in [4.69, 9.17) is 4.98 Å². The van der Waals surface area contributed by atoms with E-state index >= 15 is 0 Å². The van der Waals surface area contributed by atoms with Crippen LogP contribution in [0.1, 0.15) is 22.3 Å². The van der Waals surface area contributed by atoms with E-state index in [1.165, 1.54) is 29.2 Å². The summed E-state index contributed by atoms with van der Waals surface area (Å²) in [5.41, 5.74) is 6.55. The molecule has 0 spiro atoms. The normalized spacial score (nSPS) is 13.2. The van der Waals surface area contributed by atoms with Gasteiger partial charge in [0, 0.05) is 18.8 Å². The number of hydrogen-bond donors (Lipinski definition) is 1. The van der Waals surface area contributed by atoms with Gasteiger partial charge in [0.15, 0.2) is 10.8 Å². The van der Waals surface area contributed by atoms with Crippen molar-refractivity contribution < 1.29 is 4.79 Å². The van der Waals surface area contributed by atoms with E-state index in [2.05, 4.69) is 44.5 Å². The van der Waals surface area contributed by atoms with Gasteiger partial charge in [-0.15, -0.1) is 0 Å². The van der Waals surface area contributed by atoms with Crippen molar-refractivity contribution in [1.29, 1.82) is 0 Å². The van der Waals surface area contributed by atoms with Gasteiger partial charge in [0.05, 0.1) is 5.75 Å². The SMILES string of the molecule is Cc1cccc(NC(=O)CSc2ncnc3nc(N4CCc5ccccc5C4)sc23)c1C. The summed E-state index contributed by atoms with van der Waals surface area (Å²) in [6, 6.07) is 14.5. The van der Waals surface area contributed by atoms with Crippen molar-refractivity contribution >= 4 is 50.2 Å². The molecule has 8 heteroatoms. The van der Waals surface area contributed by atoms with Gasteiger partial charge in [-0.2, -0.15) is 4.98 Å². The van der Waals surface area contributed by atoms with Crippen molar-refractivity contribution in [3.05, 3.63) is 71.0 Å². The van der Waals surface area contributed by atoms with Crippen LogP contribution >= 0.6 is 23.1 Å². The summed E-state index contributed by atoms with van der Waals surface area (Å²) < 4.78 is 0.936. The van der Waals surface area contributed by atoms with Crippen LogP contribution < -0.4 is 10.2 Å². The number of aromatic nitrogens is 3.